The van der Waals surface area contributed by atoms with Crippen LogP contribution in [0.3, 0.4) is 0 Å². The summed E-state index contributed by atoms with van der Waals surface area (Å²) < 4.78 is 42.5. The minimum Gasteiger partial charge on any atom is -0.508 e. The molecule has 0 aliphatic heterocycles. The number of hydrogen-bond donors (Lipinski definition) is 2. The van der Waals surface area contributed by atoms with Crippen LogP contribution in [-0.4, -0.2) is 33.0 Å². The molecule has 0 amide bonds. The second-order valence-electron chi connectivity index (χ2n) is 8.34. The molecule has 2 aromatic carbocycles. The van der Waals surface area contributed by atoms with Gasteiger partial charge in [-0.1, -0.05) is 19.3 Å². The molecule has 1 unspecified atom stereocenters. The highest BCUT2D eigenvalue weighted by Gasteiger charge is 2.33. The summed E-state index contributed by atoms with van der Waals surface area (Å²) in [6.45, 7) is 1.64. The van der Waals surface area contributed by atoms with Crippen molar-refractivity contribution in [2.75, 3.05) is 0 Å². The van der Waals surface area contributed by atoms with Crippen LogP contribution in [0.2, 0.25) is 0 Å². The zero-order valence-electron chi connectivity index (χ0n) is 17.7. The molecule has 4 rings (SSSR count). The molecule has 0 radical (unpaired) electrons. The van der Waals surface area contributed by atoms with Gasteiger partial charge in [-0.2, -0.15) is 0 Å². The molecule has 0 bridgehead atoms. The quantitative estimate of drug-likeness (QED) is 0.499. The Bertz CT molecular complexity index is 1210. The summed E-state index contributed by atoms with van der Waals surface area (Å²) in [5, 5.41) is 20.5. The van der Waals surface area contributed by atoms with Crippen molar-refractivity contribution >= 4 is 22.8 Å². The molecule has 174 valence electrons. The van der Waals surface area contributed by atoms with Gasteiger partial charge in [-0.25, -0.2) is 0 Å². The van der Waals surface area contributed by atoms with Crippen LogP contribution < -0.4 is 4.74 Å². The molecule has 6 nitrogen and oxygen atoms in total. The number of nitrogens with zero attached hydrogens (tertiary/aromatic N) is 1. The van der Waals surface area contributed by atoms with E-state index in [1.54, 1.807) is 6.92 Å². The van der Waals surface area contributed by atoms with Crippen molar-refractivity contribution in [2.24, 2.45) is 5.92 Å². The van der Waals surface area contributed by atoms with Crippen molar-refractivity contribution in [2.45, 2.75) is 44.9 Å². The minimum atomic E-state index is -4.85. The number of rotatable bonds is 6. The smallest absolute Gasteiger partial charge is 0.508 e. The number of ether oxygens (including phenoxy) is 1. The molecule has 1 saturated carbocycles. The minimum absolute atomic E-state index is 0.0604. The summed E-state index contributed by atoms with van der Waals surface area (Å²) in [5.41, 5.74) is 1.41. The largest absolute Gasteiger partial charge is 0.573 e. The molecule has 1 fully saturated rings. The van der Waals surface area contributed by atoms with E-state index in [1.807, 2.05) is 0 Å². The zero-order valence-corrected chi connectivity index (χ0v) is 17.7. The van der Waals surface area contributed by atoms with Gasteiger partial charge in [-0.3, -0.25) is 14.2 Å². The predicted molar refractivity (Wildman–Crippen MR) is 114 cm³/mol. The number of halogens is 3. The predicted octanol–water partition coefficient (Wildman–Crippen LogP) is 5.60. The maximum Gasteiger partial charge on any atom is 0.573 e. The number of aliphatic carboxylic acids is 1. The van der Waals surface area contributed by atoms with Crippen molar-refractivity contribution < 1.29 is 37.7 Å². The fourth-order valence-electron chi connectivity index (χ4n) is 4.46. The highest BCUT2D eigenvalue weighted by molar-refractivity contribution is 6.05. The number of phenolic OH excluding ortho intramolecular Hbond substituents is 1. The van der Waals surface area contributed by atoms with Gasteiger partial charge in [-0.05, 0) is 67.3 Å². The highest BCUT2D eigenvalue weighted by Crippen LogP contribution is 2.41. The Morgan fingerprint density at radius 2 is 1.82 bits per heavy atom. The monoisotopic (exact) mass is 461 g/mol. The van der Waals surface area contributed by atoms with Crippen molar-refractivity contribution in [1.82, 2.24) is 4.57 Å². The average molecular weight is 461 g/mol. The third-order valence-corrected chi connectivity index (χ3v) is 6.21. The molecular weight excluding hydrogens is 439 g/mol. The molecule has 1 atom stereocenters. The molecule has 1 heterocycles. The molecule has 0 saturated heterocycles. The van der Waals surface area contributed by atoms with Gasteiger partial charge in [0, 0.05) is 16.6 Å². The van der Waals surface area contributed by atoms with E-state index in [4.69, 9.17) is 0 Å². The first kappa shape index (κ1) is 22.7. The van der Waals surface area contributed by atoms with Gasteiger partial charge in [-0.15, -0.1) is 13.2 Å². The standard InChI is InChI=1S/C24H22F3NO5/c1-13-21(19(23(31)32)11-14-3-2-4-14)18-12-16(29)7-10-20(18)28(13)22(30)15-5-8-17(9-6-15)33-24(25,26)27/h5-10,12,14,19,29H,2-4,11H2,1H3,(H,31,32). The van der Waals surface area contributed by atoms with Gasteiger partial charge in [0.25, 0.3) is 5.91 Å². The number of carboxylic acids is 1. The van der Waals surface area contributed by atoms with Crippen molar-refractivity contribution in [1.29, 1.82) is 0 Å². The molecule has 1 aliphatic rings. The lowest BCUT2D eigenvalue weighted by Gasteiger charge is -2.28. The van der Waals surface area contributed by atoms with E-state index < -0.39 is 29.9 Å². The van der Waals surface area contributed by atoms with E-state index in [9.17, 15) is 33.0 Å². The fourth-order valence-corrected chi connectivity index (χ4v) is 4.46. The summed E-state index contributed by atoms with van der Waals surface area (Å²) in [4.78, 5) is 25.5. The summed E-state index contributed by atoms with van der Waals surface area (Å²) in [6, 6.07) is 8.91. The molecule has 1 aliphatic carbocycles. The number of hydrogen-bond acceptors (Lipinski definition) is 4. The number of aromatic hydroxyl groups is 1. The Labute approximate surface area is 187 Å². The average Bonchev–Trinajstić information content (AvgIpc) is 2.97. The van der Waals surface area contributed by atoms with Crippen molar-refractivity contribution in [3.8, 4) is 11.5 Å². The van der Waals surface area contributed by atoms with Crippen LogP contribution in [0.25, 0.3) is 10.9 Å². The number of aromatic nitrogens is 1. The Morgan fingerprint density at radius 3 is 2.36 bits per heavy atom. The fraction of sp³-hybridized carbons (Fsp3) is 0.333. The molecular formula is C24H22F3NO5. The number of phenols is 1. The van der Waals surface area contributed by atoms with E-state index in [0.717, 1.165) is 31.4 Å². The van der Waals surface area contributed by atoms with E-state index in [-0.39, 0.29) is 17.2 Å². The molecule has 2 N–H and O–H groups in total. The van der Waals surface area contributed by atoms with Crippen molar-refractivity contribution in [3.05, 3.63) is 59.3 Å². The number of benzene rings is 2. The SMILES string of the molecule is Cc1c(C(CC2CCC2)C(=O)O)c2cc(O)ccc2n1C(=O)c1ccc(OC(F)(F)F)cc1. The van der Waals surface area contributed by atoms with E-state index in [1.165, 1.54) is 34.9 Å². The van der Waals surface area contributed by atoms with Gasteiger partial charge in [0.05, 0.1) is 11.4 Å². The molecule has 0 spiro atoms. The first-order valence-electron chi connectivity index (χ1n) is 10.5. The van der Waals surface area contributed by atoms with Crippen LogP contribution in [0.5, 0.6) is 11.5 Å². The van der Waals surface area contributed by atoms with Gasteiger partial charge in [0.2, 0.25) is 0 Å². The summed E-state index contributed by atoms with van der Waals surface area (Å²) in [7, 11) is 0. The van der Waals surface area contributed by atoms with Gasteiger partial charge >= 0.3 is 12.3 Å². The maximum absolute atomic E-state index is 13.3. The number of carbonyl (C=O) groups is 2. The van der Waals surface area contributed by atoms with E-state index >= 15 is 0 Å². The Kier molecular flexibility index (Phi) is 5.82. The van der Waals surface area contributed by atoms with Gasteiger partial charge in [0.1, 0.15) is 11.5 Å². The van der Waals surface area contributed by atoms with Crippen LogP contribution in [-0.2, 0) is 4.79 Å². The highest BCUT2D eigenvalue weighted by atomic mass is 19.4. The lowest BCUT2D eigenvalue weighted by molar-refractivity contribution is -0.274. The molecule has 1 aromatic heterocycles. The number of alkyl halides is 3. The number of carboxylic acid groups (broad SMARTS) is 1. The number of carbonyl (C=O) groups excluding carboxylic acids is 1. The lowest BCUT2D eigenvalue weighted by Crippen LogP contribution is -2.21. The number of fused-ring (bicyclic) bond motifs is 1. The van der Waals surface area contributed by atoms with Crippen LogP contribution in [0.15, 0.2) is 42.5 Å². The topological polar surface area (TPSA) is 88.8 Å². The van der Waals surface area contributed by atoms with Gasteiger partial charge < -0.3 is 14.9 Å². The van der Waals surface area contributed by atoms with Gasteiger partial charge in [0.15, 0.2) is 0 Å². The van der Waals surface area contributed by atoms with Crippen LogP contribution in [0.4, 0.5) is 13.2 Å². The third-order valence-electron chi connectivity index (χ3n) is 6.21. The maximum atomic E-state index is 13.3. The first-order valence-corrected chi connectivity index (χ1v) is 10.5. The van der Waals surface area contributed by atoms with Crippen LogP contribution >= 0.6 is 0 Å². The Hall–Kier alpha value is -3.49. The molecule has 3 aromatic rings. The normalized spacial score (nSPS) is 15.3. The second kappa shape index (κ2) is 8.46. The molecule has 9 heteroatoms. The third kappa shape index (κ3) is 4.53. The van der Waals surface area contributed by atoms with Crippen LogP contribution in [0, 0.1) is 12.8 Å². The molecule has 33 heavy (non-hydrogen) atoms. The van der Waals surface area contributed by atoms with Crippen LogP contribution in [0.1, 0.15) is 53.2 Å². The Balaban J connectivity index is 1.78. The summed E-state index contributed by atoms with van der Waals surface area (Å²) in [6.07, 6.45) is -1.44. The first-order chi connectivity index (χ1) is 15.5. The summed E-state index contributed by atoms with van der Waals surface area (Å²) in [5.74, 6) is -2.61. The zero-order chi connectivity index (χ0) is 23.9. The van der Waals surface area contributed by atoms with E-state index in [2.05, 4.69) is 4.74 Å². The van der Waals surface area contributed by atoms with Crippen molar-refractivity contribution in [3.63, 3.8) is 0 Å². The Morgan fingerprint density at radius 1 is 1.15 bits per heavy atom. The van der Waals surface area contributed by atoms with E-state index in [0.29, 0.717) is 28.6 Å². The summed E-state index contributed by atoms with van der Waals surface area (Å²) >= 11 is 0. The lowest BCUT2D eigenvalue weighted by atomic mass is 9.77. The second-order valence-corrected chi connectivity index (χ2v) is 8.34.